The second-order valence-corrected chi connectivity index (χ2v) is 4.44. The highest BCUT2D eigenvalue weighted by molar-refractivity contribution is 5.84. The normalized spacial score (nSPS) is 12.7. The van der Waals surface area contributed by atoms with Gasteiger partial charge in [-0.3, -0.25) is 9.59 Å². The van der Waals surface area contributed by atoms with Crippen LogP contribution in [-0.4, -0.2) is 18.9 Å². The van der Waals surface area contributed by atoms with Gasteiger partial charge >= 0.3 is 5.97 Å². The van der Waals surface area contributed by atoms with Crippen LogP contribution in [0.3, 0.4) is 0 Å². The molecule has 0 spiro atoms. The third kappa shape index (κ3) is 5.55. The number of hydrogen-bond acceptors (Lipinski definition) is 3. The number of esters is 1. The highest BCUT2D eigenvalue weighted by Gasteiger charge is 2.25. The highest BCUT2D eigenvalue weighted by atomic mass is 16.5. The zero-order chi connectivity index (χ0) is 15.5. The summed E-state index contributed by atoms with van der Waals surface area (Å²) in [6.45, 7) is 7.51. The number of ether oxygens (including phenoxy) is 1. The van der Waals surface area contributed by atoms with E-state index < -0.39 is 0 Å². The van der Waals surface area contributed by atoms with Crippen LogP contribution in [-0.2, 0) is 14.3 Å². The van der Waals surface area contributed by atoms with Gasteiger partial charge < -0.3 is 4.74 Å². The summed E-state index contributed by atoms with van der Waals surface area (Å²) in [7, 11) is 1.39. The standard InChI is InChI=1S/C15H20O3.C2H6/c1-4-12(15(17)18-3)10-14(11(2)16)13-8-6-5-7-9-13;1-2/h5-9,12,14H,4,10H2,1-3H3;1-2H3. The maximum absolute atomic E-state index is 11.8. The lowest BCUT2D eigenvalue weighted by molar-refractivity contribution is -0.146. The van der Waals surface area contributed by atoms with E-state index in [4.69, 9.17) is 4.74 Å². The minimum Gasteiger partial charge on any atom is -0.469 e. The van der Waals surface area contributed by atoms with Crippen LogP contribution < -0.4 is 0 Å². The molecule has 20 heavy (non-hydrogen) atoms. The van der Waals surface area contributed by atoms with E-state index in [-0.39, 0.29) is 23.6 Å². The Labute approximate surface area is 122 Å². The van der Waals surface area contributed by atoms with E-state index in [0.717, 1.165) is 5.56 Å². The Kier molecular flexibility index (Phi) is 9.35. The summed E-state index contributed by atoms with van der Waals surface area (Å²) >= 11 is 0. The van der Waals surface area contributed by atoms with Crippen molar-refractivity contribution in [2.75, 3.05) is 7.11 Å². The van der Waals surface area contributed by atoms with Gasteiger partial charge in [0.15, 0.2) is 0 Å². The predicted molar refractivity (Wildman–Crippen MR) is 81.6 cm³/mol. The van der Waals surface area contributed by atoms with Gasteiger partial charge in [0.1, 0.15) is 5.78 Å². The molecule has 3 nitrogen and oxygen atoms in total. The molecule has 112 valence electrons. The predicted octanol–water partition coefficient (Wildman–Crippen LogP) is 3.97. The molecule has 0 aliphatic rings. The first-order valence-electron chi connectivity index (χ1n) is 7.23. The van der Waals surface area contributed by atoms with Crippen LogP contribution in [0.15, 0.2) is 30.3 Å². The van der Waals surface area contributed by atoms with Crippen molar-refractivity contribution in [1.82, 2.24) is 0 Å². The molecule has 0 N–H and O–H groups in total. The van der Waals surface area contributed by atoms with Gasteiger partial charge in [0, 0.05) is 5.92 Å². The molecule has 0 heterocycles. The van der Waals surface area contributed by atoms with Crippen LogP contribution in [0.2, 0.25) is 0 Å². The summed E-state index contributed by atoms with van der Waals surface area (Å²) in [5, 5.41) is 0. The van der Waals surface area contributed by atoms with E-state index >= 15 is 0 Å². The summed E-state index contributed by atoms with van der Waals surface area (Å²) < 4.78 is 4.77. The number of carbonyl (C=O) groups is 2. The molecule has 0 fully saturated rings. The highest BCUT2D eigenvalue weighted by Crippen LogP contribution is 2.27. The monoisotopic (exact) mass is 278 g/mol. The number of carbonyl (C=O) groups excluding carboxylic acids is 2. The molecule has 0 radical (unpaired) electrons. The molecule has 0 saturated carbocycles. The van der Waals surface area contributed by atoms with Gasteiger partial charge in [-0.25, -0.2) is 0 Å². The van der Waals surface area contributed by atoms with Gasteiger partial charge in [-0.05, 0) is 25.3 Å². The summed E-state index contributed by atoms with van der Waals surface area (Å²) in [4.78, 5) is 23.4. The Hall–Kier alpha value is -1.64. The molecular weight excluding hydrogens is 252 g/mol. The molecule has 1 aromatic rings. The van der Waals surface area contributed by atoms with Crippen LogP contribution in [0.25, 0.3) is 0 Å². The van der Waals surface area contributed by atoms with Crippen LogP contribution in [0.4, 0.5) is 0 Å². The van der Waals surface area contributed by atoms with Crippen LogP contribution in [0.5, 0.6) is 0 Å². The van der Waals surface area contributed by atoms with E-state index in [0.29, 0.717) is 12.8 Å². The van der Waals surface area contributed by atoms with E-state index in [1.807, 2.05) is 51.1 Å². The van der Waals surface area contributed by atoms with Crippen molar-refractivity contribution in [3.05, 3.63) is 35.9 Å². The van der Waals surface area contributed by atoms with Crippen LogP contribution in [0.1, 0.15) is 52.0 Å². The summed E-state index contributed by atoms with van der Waals surface area (Å²) in [5.74, 6) is -0.595. The molecule has 0 aromatic heterocycles. The zero-order valence-corrected chi connectivity index (χ0v) is 13.2. The lowest BCUT2D eigenvalue weighted by Crippen LogP contribution is -2.21. The van der Waals surface area contributed by atoms with Crippen molar-refractivity contribution in [3.8, 4) is 0 Å². The van der Waals surface area contributed by atoms with E-state index in [1.54, 1.807) is 6.92 Å². The minimum atomic E-state index is -0.236. The molecule has 1 aromatic carbocycles. The molecule has 3 heteroatoms. The number of methoxy groups -OCH3 is 1. The number of rotatable bonds is 6. The summed E-state index contributed by atoms with van der Waals surface area (Å²) in [5.41, 5.74) is 0.965. The van der Waals surface area contributed by atoms with Crippen molar-refractivity contribution in [2.24, 2.45) is 5.92 Å². The van der Waals surface area contributed by atoms with Crippen LogP contribution in [0, 0.1) is 5.92 Å². The van der Waals surface area contributed by atoms with Gasteiger partial charge in [-0.1, -0.05) is 51.1 Å². The number of hydrogen-bond donors (Lipinski definition) is 0. The van der Waals surface area contributed by atoms with Crippen molar-refractivity contribution < 1.29 is 14.3 Å². The number of benzene rings is 1. The smallest absolute Gasteiger partial charge is 0.308 e. The fourth-order valence-corrected chi connectivity index (χ4v) is 2.10. The Balaban J connectivity index is 0.00000172. The zero-order valence-electron chi connectivity index (χ0n) is 13.2. The van der Waals surface area contributed by atoms with Gasteiger partial charge in [-0.2, -0.15) is 0 Å². The molecule has 0 bridgehead atoms. The molecule has 0 aliphatic carbocycles. The molecular formula is C17H26O3. The minimum absolute atomic E-state index is 0.0866. The lowest BCUT2D eigenvalue weighted by Gasteiger charge is -2.19. The number of ketones is 1. The second kappa shape index (κ2) is 10.2. The molecule has 0 aliphatic heterocycles. The second-order valence-electron chi connectivity index (χ2n) is 4.44. The van der Waals surface area contributed by atoms with Crippen LogP contribution >= 0.6 is 0 Å². The van der Waals surface area contributed by atoms with Gasteiger partial charge in [-0.15, -0.1) is 0 Å². The largest absolute Gasteiger partial charge is 0.469 e. The average molecular weight is 278 g/mol. The Bertz CT molecular complexity index is 398. The molecule has 0 amide bonds. The van der Waals surface area contributed by atoms with E-state index in [2.05, 4.69) is 0 Å². The first-order chi connectivity index (χ1) is 9.60. The van der Waals surface area contributed by atoms with Crippen molar-refractivity contribution in [2.45, 2.75) is 46.5 Å². The quantitative estimate of drug-likeness (QED) is 0.739. The SMILES string of the molecule is CC.CCC(CC(C(C)=O)c1ccccc1)C(=O)OC. The molecule has 2 unspecified atom stereocenters. The maximum atomic E-state index is 11.8. The van der Waals surface area contributed by atoms with Gasteiger partial charge in [0.2, 0.25) is 0 Å². The molecule has 0 saturated heterocycles. The van der Waals surface area contributed by atoms with Crippen molar-refractivity contribution in [3.63, 3.8) is 0 Å². The summed E-state index contributed by atoms with van der Waals surface area (Å²) in [6.07, 6.45) is 1.20. The van der Waals surface area contributed by atoms with Crippen molar-refractivity contribution >= 4 is 11.8 Å². The average Bonchev–Trinajstić information content (AvgIpc) is 2.50. The fourth-order valence-electron chi connectivity index (χ4n) is 2.10. The fraction of sp³-hybridized carbons (Fsp3) is 0.529. The van der Waals surface area contributed by atoms with Gasteiger partial charge in [0.25, 0.3) is 0 Å². The summed E-state index contributed by atoms with van der Waals surface area (Å²) in [6, 6.07) is 9.58. The topological polar surface area (TPSA) is 43.4 Å². The lowest BCUT2D eigenvalue weighted by atomic mass is 9.85. The third-order valence-electron chi connectivity index (χ3n) is 3.24. The van der Waals surface area contributed by atoms with E-state index in [1.165, 1.54) is 7.11 Å². The third-order valence-corrected chi connectivity index (χ3v) is 3.24. The first-order valence-corrected chi connectivity index (χ1v) is 7.23. The molecule has 2 atom stereocenters. The Morgan fingerprint density at radius 2 is 1.70 bits per heavy atom. The Morgan fingerprint density at radius 1 is 1.15 bits per heavy atom. The van der Waals surface area contributed by atoms with E-state index in [9.17, 15) is 9.59 Å². The maximum Gasteiger partial charge on any atom is 0.308 e. The first kappa shape index (κ1) is 18.4. The number of Topliss-reactive ketones (excluding diaryl/α,β-unsaturated/α-hetero) is 1. The van der Waals surface area contributed by atoms with Gasteiger partial charge in [0.05, 0.1) is 13.0 Å². The van der Waals surface area contributed by atoms with Crippen molar-refractivity contribution in [1.29, 1.82) is 0 Å². The Morgan fingerprint density at radius 3 is 2.10 bits per heavy atom. The molecule has 1 rings (SSSR count).